The molecule has 0 spiro atoms. The van der Waals surface area contributed by atoms with Gasteiger partial charge in [0.2, 0.25) is 10.0 Å². The predicted molar refractivity (Wildman–Crippen MR) is 171 cm³/mol. The Labute approximate surface area is 243 Å². The van der Waals surface area contributed by atoms with Crippen molar-refractivity contribution in [3.8, 4) is 11.3 Å². The molecule has 210 valence electrons. The van der Waals surface area contributed by atoms with Gasteiger partial charge in [-0.25, -0.2) is 13.1 Å². The fourth-order valence-electron chi connectivity index (χ4n) is 5.18. The molecule has 5 aromatic rings. The lowest BCUT2D eigenvalue weighted by Crippen LogP contribution is -2.26. The molecule has 0 amide bonds. The summed E-state index contributed by atoms with van der Waals surface area (Å²) in [6, 6.07) is 33.7. The molecule has 0 radical (unpaired) electrons. The third-order valence-electron chi connectivity index (χ3n) is 7.41. The van der Waals surface area contributed by atoms with Crippen LogP contribution in [0.25, 0.3) is 22.2 Å². The van der Waals surface area contributed by atoms with E-state index in [1.807, 2.05) is 61.5 Å². The van der Waals surface area contributed by atoms with E-state index < -0.39 is 10.0 Å². The van der Waals surface area contributed by atoms with E-state index in [0.717, 1.165) is 57.5 Å². The smallest absolute Gasteiger partial charge is 0.240 e. The summed E-state index contributed by atoms with van der Waals surface area (Å²) in [5.74, 6) is 0. The fraction of sp³-hybridized carbons (Fsp3) is 0.229. The molecule has 1 heterocycles. The van der Waals surface area contributed by atoms with Crippen LogP contribution in [-0.2, 0) is 22.9 Å². The topological polar surface area (TPSA) is 74.3 Å². The second-order valence-corrected chi connectivity index (χ2v) is 12.2. The number of aliphatic imine (C=N–C) groups is 1. The maximum atomic E-state index is 13.1. The Morgan fingerprint density at radius 3 is 2.37 bits per heavy atom. The van der Waals surface area contributed by atoms with Crippen molar-refractivity contribution >= 4 is 32.3 Å². The minimum absolute atomic E-state index is 0.292. The number of para-hydroxylation sites is 1. The van der Waals surface area contributed by atoms with Crippen molar-refractivity contribution in [3.05, 3.63) is 120 Å². The largest absolute Gasteiger partial charge is 0.354 e. The molecular formula is C35H37N3O2S. The van der Waals surface area contributed by atoms with Crippen LogP contribution in [0, 0.1) is 0 Å². The summed E-state index contributed by atoms with van der Waals surface area (Å²) in [6.07, 6.45) is 4.99. The summed E-state index contributed by atoms with van der Waals surface area (Å²) in [6.45, 7) is 4.49. The van der Waals surface area contributed by atoms with Gasteiger partial charge in [0, 0.05) is 34.4 Å². The molecule has 0 aliphatic rings. The molecule has 0 aliphatic heterocycles. The van der Waals surface area contributed by atoms with Crippen molar-refractivity contribution in [3.63, 3.8) is 0 Å². The van der Waals surface area contributed by atoms with E-state index in [2.05, 4.69) is 53.0 Å². The molecule has 1 aromatic heterocycles. The van der Waals surface area contributed by atoms with E-state index in [9.17, 15) is 8.42 Å². The van der Waals surface area contributed by atoms with Crippen molar-refractivity contribution in [2.24, 2.45) is 4.99 Å². The van der Waals surface area contributed by atoms with E-state index in [4.69, 9.17) is 4.99 Å². The lowest BCUT2D eigenvalue weighted by atomic mass is 10.0. The number of sulfonamides is 1. The first kappa shape index (κ1) is 28.5. The van der Waals surface area contributed by atoms with E-state index in [0.29, 0.717) is 17.9 Å². The molecule has 0 aliphatic carbocycles. The summed E-state index contributed by atoms with van der Waals surface area (Å²) in [5.41, 5.74) is 8.17. The number of unbranched alkanes of at least 4 members (excludes halogenated alkanes) is 2. The number of nitrogens with one attached hydrogen (secondary N) is 2. The van der Waals surface area contributed by atoms with Gasteiger partial charge in [-0.05, 0) is 73.2 Å². The molecule has 0 saturated carbocycles. The molecule has 0 unspecified atom stereocenters. The molecule has 5 rings (SSSR count). The van der Waals surface area contributed by atoms with E-state index in [1.54, 1.807) is 12.1 Å². The highest BCUT2D eigenvalue weighted by Crippen LogP contribution is 2.32. The van der Waals surface area contributed by atoms with Crippen LogP contribution in [0.4, 0.5) is 5.69 Å². The minimum Gasteiger partial charge on any atom is -0.354 e. The van der Waals surface area contributed by atoms with Gasteiger partial charge in [0.1, 0.15) is 0 Å². The molecular weight excluding hydrogens is 526 g/mol. The molecule has 6 heteroatoms. The molecule has 4 aromatic carbocycles. The monoisotopic (exact) mass is 563 g/mol. The fourth-order valence-corrected chi connectivity index (χ4v) is 6.21. The SMILES string of the molecule is CCCCCc1ccc(S(=O)(=O)NCCc2c(-c3cccc(N=C(C)c4ccccc4)c3)[nH]c3ccccc23)cc1. The number of aromatic nitrogens is 1. The highest BCUT2D eigenvalue weighted by Gasteiger charge is 2.17. The maximum absolute atomic E-state index is 13.1. The number of H-pyrrole nitrogens is 1. The number of aryl methyl sites for hydroxylation is 1. The summed E-state index contributed by atoms with van der Waals surface area (Å²) >= 11 is 0. The van der Waals surface area contributed by atoms with Crippen LogP contribution >= 0.6 is 0 Å². The summed E-state index contributed by atoms with van der Waals surface area (Å²) in [4.78, 5) is 8.74. The van der Waals surface area contributed by atoms with Gasteiger partial charge < -0.3 is 4.98 Å². The first-order valence-electron chi connectivity index (χ1n) is 14.3. The van der Waals surface area contributed by atoms with Crippen LogP contribution in [0.1, 0.15) is 49.8 Å². The number of rotatable bonds is 12. The van der Waals surface area contributed by atoms with Crippen molar-refractivity contribution < 1.29 is 8.42 Å². The summed E-state index contributed by atoms with van der Waals surface area (Å²) < 4.78 is 29.0. The van der Waals surface area contributed by atoms with Gasteiger partial charge in [-0.15, -0.1) is 0 Å². The van der Waals surface area contributed by atoms with Crippen LogP contribution in [0.15, 0.2) is 113 Å². The number of fused-ring (bicyclic) bond motifs is 1. The molecule has 41 heavy (non-hydrogen) atoms. The highest BCUT2D eigenvalue weighted by molar-refractivity contribution is 7.89. The van der Waals surface area contributed by atoms with Gasteiger partial charge in [-0.3, -0.25) is 4.99 Å². The van der Waals surface area contributed by atoms with E-state index in [-0.39, 0.29) is 0 Å². The minimum atomic E-state index is -3.61. The Kier molecular flexibility index (Phi) is 9.12. The molecule has 0 atom stereocenters. The van der Waals surface area contributed by atoms with Crippen molar-refractivity contribution in [2.45, 2.75) is 50.8 Å². The van der Waals surface area contributed by atoms with Gasteiger partial charge in [0.05, 0.1) is 10.6 Å². The zero-order valence-corrected chi connectivity index (χ0v) is 24.5. The molecule has 2 N–H and O–H groups in total. The van der Waals surface area contributed by atoms with Gasteiger partial charge in [0.25, 0.3) is 0 Å². The normalized spacial score (nSPS) is 12.2. The second kappa shape index (κ2) is 13.1. The first-order valence-corrected chi connectivity index (χ1v) is 15.8. The second-order valence-electron chi connectivity index (χ2n) is 10.4. The summed E-state index contributed by atoms with van der Waals surface area (Å²) in [5, 5.41) is 1.09. The van der Waals surface area contributed by atoms with Crippen LogP contribution in [0.2, 0.25) is 0 Å². The van der Waals surface area contributed by atoms with Crippen LogP contribution in [-0.4, -0.2) is 25.7 Å². The van der Waals surface area contributed by atoms with E-state index in [1.165, 1.54) is 18.4 Å². The Bertz CT molecular complexity index is 1740. The first-order chi connectivity index (χ1) is 19.9. The summed E-state index contributed by atoms with van der Waals surface area (Å²) in [7, 11) is -3.61. The van der Waals surface area contributed by atoms with Crippen molar-refractivity contribution in [1.29, 1.82) is 0 Å². The average molecular weight is 564 g/mol. The Morgan fingerprint density at radius 1 is 0.829 bits per heavy atom. The zero-order chi connectivity index (χ0) is 28.7. The standard InChI is InChI=1S/C35H37N3O2S/c1-3-4-6-12-27-19-21-31(22-20-27)41(39,40)36-24-23-33-32-17-9-10-18-34(32)38-35(33)29-15-11-16-30(25-29)37-26(2)28-13-7-5-8-14-28/h5,7-11,13-22,25,36,38H,3-4,6,12,23-24H2,1-2H3. The Balaban J connectivity index is 1.36. The third-order valence-corrected chi connectivity index (χ3v) is 8.88. The van der Waals surface area contributed by atoms with Crippen LogP contribution in [0.3, 0.4) is 0 Å². The number of hydrogen-bond acceptors (Lipinski definition) is 3. The molecule has 5 nitrogen and oxygen atoms in total. The Hall–Kier alpha value is -4.00. The van der Waals surface area contributed by atoms with Crippen molar-refractivity contribution in [1.82, 2.24) is 9.71 Å². The Morgan fingerprint density at radius 2 is 1.59 bits per heavy atom. The van der Waals surface area contributed by atoms with Crippen LogP contribution in [0.5, 0.6) is 0 Å². The van der Waals surface area contributed by atoms with Gasteiger partial charge in [-0.2, -0.15) is 0 Å². The molecule has 0 bridgehead atoms. The van der Waals surface area contributed by atoms with E-state index >= 15 is 0 Å². The number of nitrogens with zero attached hydrogens (tertiary/aromatic N) is 1. The predicted octanol–water partition coefficient (Wildman–Crippen LogP) is 8.23. The maximum Gasteiger partial charge on any atom is 0.240 e. The van der Waals surface area contributed by atoms with Gasteiger partial charge in [-0.1, -0.05) is 92.6 Å². The van der Waals surface area contributed by atoms with Gasteiger partial charge in [0.15, 0.2) is 0 Å². The average Bonchev–Trinajstić information content (AvgIpc) is 3.37. The highest BCUT2D eigenvalue weighted by atomic mass is 32.2. The quantitative estimate of drug-likeness (QED) is 0.119. The van der Waals surface area contributed by atoms with Crippen LogP contribution < -0.4 is 4.72 Å². The molecule has 0 fully saturated rings. The lowest BCUT2D eigenvalue weighted by molar-refractivity contribution is 0.581. The number of aromatic amines is 1. The third kappa shape index (κ3) is 7.02. The van der Waals surface area contributed by atoms with Crippen molar-refractivity contribution in [2.75, 3.05) is 6.54 Å². The number of benzene rings is 4. The molecule has 0 saturated heterocycles. The lowest BCUT2D eigenvalue weighted by Gasteiger charge is -2.10. The zero-order valence-electron chi connectivity index (χ0n) is 23.7. The van der Waals surface area contributed by atoms with Gasteiger partial charge >= 0.3 is 0 Å². The number of hydrogen-bond donors (Lipinski definition) is 2.